The number of aromatic nitrogens is 2. The van der Waals surface area contributed by atoms with Gasteiger partial charge in [-0.05, 0) is 18.2 Å². The summed E-state index contributed by atoms with van der Waals surface area (Å²) in [6.07, 6.45) is 1.48. The van der Waals surface area contributed by atoms with Gasteiger partial charge in [0.15, 0.2) is 0 Å². The van der Waals surface area contributed by atoms with Gasteiger partial charge in [0.25, 0.3) is 0 Å². The van der Waals surface area contributed by atoms with Crippen LogP contribution in [0.4, 0.5) is 0 Å². The van der Waals surface area contributed by atoms with Crippen LogP contribution in [0.1, 0.15) is 0 Å². The second-order valence-electron chi connectivity index (χ2n) is 3.69. The number of hydrogen-bond acceptors (Lipinski definition) is 4. The highest BCUT2D eigenvalue weighted by Crippen LogP contribution is 2.39. The lowest BCUT2D eigenvalue weighted by Gasteiger charge is -2.04. The Bertz CT molecular complexity index is 711. The van der Waals surface area contributed by atoms with E-state index in [9.17, 15) is 0 Å². The van der Waals surface area contributed by atoms with Crippen LogP contribution in [0, 0.1) is 0 Å². The minimum Gasteiger partial charge on any atom is -0.496 e. The Labute approximate surface area is 113 Å². The third kappa shape index (κ3) is 1.83. The molecule has 0 aliphatic heterocycles. The topological polar surface area (TPSA) is 35.0 Å². The number of benzene rings is 1. The van der Waals surface area contributed by atoms with Crippen molar-refractivity contribution >= 4 is 33.2 Å². The smallest absolute Gasteiger partial charge is 0.150 e. The van der Waals surface area contributed by atoms with E-state index in [1.54, 1.807) is 18.4 Å². The van der Waals surface area contributed by atoms with E-state index >= 15 is 0 Å². The van der Waals surface area contributed by atoms with Crippen molar-refractivity contribution in [3.8, 4) is 16.2 Å². The molecule has 0 bridgehead atoms. The SMILES string of the molecule is COc1ccccc1-c1cc2ncnc(Cl)c2s1. The van der Waals surface area contributed by atoms with Gasteiger partial charge in [0.05, 0.1) is 17.3 Å². The van der Waals surface area contributed by atoms with Crippen LogP contribution in [0.3, 0.4) is 0 Å². The van der Waals surface area contributed by atoms with Crippen molar-refractivity contribution < 1.29 is 4.74 Å². The molecule has 3 rings (SSSR count). The number of halogens is 1. The van der Waals surface area contributed by atoms with Gasteiger partial charge in [-0.15, -0.1) is 11.3 Å². The summed E-state index contributed by atoms with van der Waals surface area (Å²) in [5.74, 6) is 0.841. The molecule has 0 spiro atoms. The zero-order valence-corrected chi connectivity index (χ0v) is 11.1. The number of nitrogens with zero attached hydrogens (tertiary/aromatic N) is 2. The molecule has 3 aromatic rings. The van der Waals surface area contributed by atoms with Gasteiger partial charge >= 0.3 is 0 Å². The van der Waals surface area contributed by atoms with Crippen molar-refractivity contribution in [3.05, 3.63) is 41.8 Å². The monoisotopic (exact) mass is 276 g/mol. The van der Waals surface area contributed by atoms with Crippen molar-refractivity contribution in [1.82, 2.24) is 9.97 Å². The van der Waals surface area contributed by atoms with E-state index in [2.05, 4.69) is 9.97 Å². The molecule has 0 radical (unpaired) electrons. The molecule has 0 saturated carbocycles. The van der Waals surface area contributed by atoms with Crippen molar-refractivity contribution in [2.24, 2.45) is 0 Å². The molecule has 2 heterocycles. The molecule has 0 unspecified atom stereocenters. The molecule has 0 aliphatic rings. The maximum absolute atomic E-state index is 6.06. The van der Waals surface area contributed by atoms with Gasteiger partial charge in [0.1, 0.15) is 17.2 Å². The Hall–Kier alpha value is -1.65. The Morgan fingerprint density at radius 2 is 2.06 bits per heavy atom. The first-order valence-electron chi connectivity index (χ1n) is 5.33. The highest BCUT2D eigenvalue weighted by molar-refractivity contribution is 7.22. The van der Waals surface area contributed by atoms with Gasteiger partial charge in [-0.25, -0.2) is 9.97 Å². The third-order valence-corrected chi connectivity index (χ3v) is 4.20. The molecule has 0 aliphatic carbocycles. The van der Waals surface area contributed by atoms with Crippen LogP contribution in [0.15, 0.2) is 36.7 Å². The lowest BCUT2D eigenvalue weighted by atomic mass is 10.1. The van der Waals surface area contributed by atoms with Gasteiger partial charge in [0, 0.05) is 10.4 Å². The molecule has 0 saturated heterocycles. The van der Waals surface area contributed by atoms with Gasteiger partial charge < -0.3 is 4.74 Å². The molecular weight excluding hydrogens is 268 g/mol. The third-order valence-electron chi connectivity index (χ3n) is 2.64. The summed E-state index contributed by atoms with van der Waals surface area (Å²) in [7, 11) is 1.67. The summed E-state index contributed by atoms with van der Waals surface area (Å²) in [5, 5.41) is 0.492. The maximum atomic E-state index is 6.06. The van der Waals surface area contributed by atoms with Crippen molar-refractivity contribution in [2.45, 2.75) is 0 Å². The molecule has 0 N–H and O–H groups in total. The maximum Gasteiger partial charge on any atom is 0.150 e. The van der Waals surface area contributed by atoms with Crippen LogP contribution >= 0.6 is 22.9 Å². The highest BCUT2D eigenvalue weighted by atomic mass is 35.5. The van der Waals surface area contributed by atoms with Crippen LogP contribution < -0.4 is 4.74 Å². The number of fused-ring (bicyclic) bond motifs is 1. The lowest BCUT2D eigenvalue weighted by molar-refractivity contribution is 0.416. The minimum atomic E-state index is 0.492. The Morgan fingerprint density at radius 1 is 1.22 bits per heavy atom. The molecule has 18 heavy (non-hydrogen) atoms. The van der Waals surface area contributed by atoms with Gasteiger partial charge in [-0.2, -0.15) is 0 Å². The van der Waals surface area contributed by atoms with Crippen LogP contribution in [0.5, 0.6) is 5.75 Å². The summed E-state index contributed by atoms with van der Waals surface area (Å²) in [6, 6.07) is 9.89. The van der Waals surface area contributed by atoms with Gasteiger partial charge in [0.2, 0.25) is 0 Å². The molecule has 3 nitrogen and oxygen atoms in total. The van der Waals surface area contributed by atoms with E-state index in [0.717, 1.165) is 26.4 Å². The number of ether oxygens (including phenoxy) is 1. The van der Waals surface area contributed by atoms with E-state index < -0.39 is 0 Å². The number of hydrogen-bond donors (Lipinski definition) is 0. The largest absolute Gasteiger partial charge is 0.496 e. The van der Waals surface area contributed by atoms with Crippen LogP contribution in [-0.4, -0.2) is 17.1 Å². The summed E-state index contributed by atoms with van der Waals surface area (Å²) < 4.78 is 6.27. The van der Waals surface area contributed by atoms with Crippen molar-refractivity contribution in [3.63, 3.8) is 0 Å². The number of para-hydroxylation sites is 1. The molecule has 0 fully saturated rings. The summed E-state index contributed by atoms with van der Waals surface area (Å²) in [4.78, 5) is 9.28. The number of methoxy groups -OCH3 is 1. The average molecular weight is 277 g/mol. The Kier molecular flexibility index (Phi) is 2.89. The average Bonchev–Trinajstić information content (AvgIpc) is 2.84. The Morgan fingerprint density at radius 3 is 2.83 bits per heavy atom. The molecule has 5 heteroatoms. The van der Waals surface area contributed by atoms with Gasteiger partial charge in [-0.1, -0.05) is 23.7 Å². The predicted octanol–water partition coefficient (Wildman–Crippen LogP) is 4.02. The van der Waals surface area contributed by atoms with Crippen LogP contribution in [0.2, 0.25) is 5.15 Å². The molecule has 2 aromatic heterocycles. The van der Waals surface area contributed by atoms with Crippen molar-refractivity contribution in [2.75, 3.05) is 7.11 Å². The zero-order chi connectivity index (χ0) is 12.5. The second kappa shape index (κ2) is 4.55. The normalized spacial score (nSPS) is 10.8. The van der Waals surface area contributed by atoms with Crippen LogP contribution in [0.25, 0.3) is 20.7 Å². The molecule has 1 aromatic carbocycles. The minimum absolute atomic E-state index is 0.492. The van der Waals surface area contributed by atoms with E-state index in [0.29, 0.717) is 5.15 Å². The first-order chi connectivity index (χ1) is 8.79. The fourth-order valence-electron chi connectivity index (χ4n) is 1.81. The molecular formula is C13H9ClN2OS. The summed E-state index contributed by atoms with van der Waals surface area (Å²) in [6.45, 7) is 0. The molecule has 0 atom stereocenters. The number of rotatable bonds is 2. The van der Waals surface area contributed by atoms with Gasteiger partial charge in [-0.3, -0.25) is 0 Å². The first kappa shape index (κ1) is 11.4. The van der Waals surface area contributed by atoms with E-state index in [4.69, 9.17) is 16.3 Å². The number of thiophene rings is 1. The van der Waals surface area contributed by atoms with E-state index in [-0.39, 0.29) is 0 Å². The molecule has 0 amide bonds. The molecule has 90 valence electrons. The predicted molar refractivity (Wildman–Crippen MR) is 74.4 cm³/mol. The lowest BCUT2D eigenvalue weighted by Crippen LogP contribution is -1.84. The summed E-state index contributed by atoms with van der Waals surface area (Å²) >= 11 is 7.63. The summed E-state index contributed by atoms with van der Waals surface area (Å²) in [5.41, 5.74) is 1.90. The van der Waals surface area contributed by atoms with Crippen LogP contribution in [-0.2, 0) is 0 Å². The fourth-order valence-corrected chi connectivity index (χ4v) is 3.08. The van der Waals surface area contributed by atoms with Crippen molar-refractivity contribution in [1.29, 1.82) is 0 Å². The van der Waals surface area contributed by atoms with E-state index in [1.807, 2.05) is 30.3 Å². The zero-order valence-electron chi connectivity index (χ0n) is 9.55. The highest BCUT2D eigenvalue weighted by Gasteiger charge is 2.11. The fraction of sp³-hybridized carbons (Fsp3) is 0.0769. The first-order valence-corrected chi connectivity index (χ1v) is 6.52. The standard InChI is InChI=1S/C13H9ClN2OS/c1-17-10-5-3-2-4-8(10)11-6-9-12(18-11)13(14)16-7-15-9/h2-7H,1H3. The van der Waals surface area contributed by atoms with E-state index in [1.165, 1.54) is 6.33 Å². The quantitative estimate of drug-likeness (QED) is 0.663. The Balaban J connectivity index is 2.23. The second-order valence-corrected chi connectivity index (χ2v) is 5.10.